The quantitative estimate of drug-likeness (QED) is 0.264. The van der Waals surface area contributed by atoms with Crippen molar-refractivity contribution in [2.75, 3.05) is 46.2 Å². The van der Waals surface area contributed by atoms with Crippen molar-refractivity contribution in [1.29, 1.82) is 0 Å². The van der Waals surface area contributed by atoms with Gasteiger partial charge in [-0.1, -0.05) is 13.0 Å². The zero-order chi connectivity index (χ0) is 15.8. The van der Waals surface area contributed by atoms with Crippen LogP contribution in [0.15, 0.2) is 12.2 Å². The third-order valence-electron chi connectivity index (χ3n) is 2.71. The van der Waals surface area contributed by atoms with Crippen LogP contribution in [0.3, 0.4) is 0 Å². The zero-order valence-corrected chi connectivity index (χ0v) is 13.5. The first-order valence-corrected chi connectivity index (χ1v) is 7.74. The maximum atomic E-state index is 11.1. The summed E-state index contributed by atoms with van der Waals surface area (Å²) < 4.78 is 20.9. The Balaban J connectivity index is 3.06. The molecule has 0 aromatic carbocycles. The van der Waals surface area contributed by atoms with Gasteiger partial charge >= 0.3 is 5.97 Å². The molecule has 0 heterocycles. The Labute approximate surface area is 128 Å². The highest BCUT2D eigenvalue weighted by Gasteiger charge is 2.01. The van der Waals surface area contributed by atoms with Gasteiger partial charge < -0.3 is 18.9 Å². The molecule has 0 saturated heterocycles. The first-order valence-electron chi connectivity index (χ1n) is 7.74. The summed E-state index contributed by atoms with van der Waals surface area (Å²) in [5, 5.41) is 0. The summed E-state index contributed by atoms with van der Waals surface area (Å²) in [5.41, 5.74) is 0.451. The molecule has 0 fully saturated rings. The van der Waals surface area contributed by atoms with Crippen molar-refractivity contribution in [3.8, 4) is 0 Å². The van der Waals surface area contributed by atoms with Gasteiger partial charge in [-0.3, -0.25) is 0 Å². The Morgan fingerprint density at radius 2 is 1.33 bits per heavy atom. The highest BCUT2D eigenvalue weighted by atomic mass is 16.5. The highest BCUT2D eigenvalue weighted by Crippen LogP contribution is 2.02. The van der Waals surface area contributed by atoms with E-state index in [4.69, 9.17) is 18.9 Å². The molecule has 0 aromatic heterocycles. The molecule has 0 saturated carbocycles. The Hall–Kier alpha value is -0.910. The normalized spacial score (nSPS) is 10.6. The molecule has 5 heteroatoms. The lowest BCUT2D eigenvalue weighted by Crippen LogP contribution is -2.09. The Bertz CT molecular complexity index is 265. The van der Waals surface area contributed by atoms with Gasteiger partial charge in [-0.2, -0.15) is 0 Å². The topological polar surface area (TPSA) is 54.0 Å². The summed E-state index contributed by atoms with van der Waals surface area (Å²) in [6, 6.07) is 0. The lowest BCUT2D eigenvalue weighted by Gasteiger charge is -2.06. The molecule has 0 N–H and O–H groups in total. The van der Waals surface area contributed by atoms with E-state index in [-0.39, 0.29) is 5.97 Å². The molecule has 0 aliphatic rings. The van der Waals surface area contributed by atoms with Crippen molar-refractivity contribution in [3.05, 3.63) is 12.2 Å². The van der Waals surface area contributed by atoms with Gasteiger partial charge in [-0.15, -0.1) is 0 Å². The average Bonchev–Trinajstić information content (AvgIpc) is 2.47. The molecule has 0 spiro atoms. The molecule has 0 aliphatic carbocycles. The van der Waals surface area contributed by atoms with Crippen LogP contribution >= 0.6 is 0 Å². The van der Waals surface area contributed by atoms with Gasteiger partial charge in [-0.25, -0.2) is 4.79 Å². The van der Waals surface area contributed by atoms with Crippen molar-refractivity contribution in [1.82, 2.24) is 0 Å². The third-order valence-corrected chi connectivity index (χ3v) is 2.71. The summed E-state index contributed by atoms with van der Waals surface area (Å²) in [6.45, 7) is 11.6. The monoisotopic (exact) mass is 302 g/mol. The van der Waals surface area contributed by atoms with E-state index in [1.165, 1.54) is 0 Å². The number of carbonyl (C=O) groups is 1. The molecule has 0 radical (unpaired) electrons. The minimum atomic E-state index is -0.303. The van der Waals surface area contributed by atoms with Crippen LogP contribution in [0.4, 0.5) is 0 Å². The number of hydrogen-bond donors (Lipinski definition) is 0. The van der Waals surface area contributed by atoms with Gasteiger partial charge in [-0.05, 0) is 33.1 Å². The van der Waals surface area contributed by atoms with E-state index in [0.717, 1.165) is 38.9 Å². The summed E-state index contributed by atoms with van der Waals surface area (Å²) in [5.74, 6) is -0.303. The molecule has 124 valence electrons. The fraction of sp³-hybridized carbons (Fsp3) is 0.812. The van der Waals surface area contributed by atoms with E-state index in [0.29, 0.717) is 38.6 Å². The maximum Gasteiger partial charge on any atom is 0.333 e. The maximum absolute atomic E-state index is 11.1. The van der Waals surface area contributed by atoms with Crippen molar-refractivity contribution in [2.24, 2.45) is 0 Å². The van der Waals surface area contributed by atoms with Crippen LogP contribution in [-0.2, 0) is 23.7 Å². The van der Waals surface area contributed by atoms with Crippen LogP contribution < -0.4 is 0 Å². The van der Waals surface area contributed by atoms with Crippen molar-refractivity contribution in [3.63, 3.8) is 0 Å². The molecular formula is C16H30O5. The first kappa shape index (κ1) is 20.1. The molecule has 0 bridgehead atoms. The second-order valence-corrected chi connectivity index (χ2v) is 4.75. The second kappa shape index (κ2) is 15.5. The lowest BCUT2D eigenvalue weighted by atomic mass is 10.2. The van der Waals surface area contributed by atoms with E-state index in [9.17, 15) is 4.79 Å². The SMILES string of the molecule is C=C(C)C(=O)OCCCCCCOCCOCCOCC. The molecule has 0 rings (SSSR count). The van der Waals surface area contributed by atoms with Gasteiger partial charge in [0.05, 0.1) is 33.0 Å². The lowest BCUT2D eigenvalue weighted by molar-refractivity contribution is -0.139. The van der Waals surface area contributed by atoms with E-state index in [1.54, 1.807) is 6.92 Å². The zero-order valence-electron chi connectivity index (χ0n) is 13.5. The summed E-state index contributed by atoms with van der Waals surface area (Å²) >= 11 is 0. The second-order valence-electron chi connectivity index (χ2n) is 4.75. The van der Waals surface area contributed by atoms with Crippen molar-refractivity contribution in [2.45, 2.75) is 39.5 Å². The van der Waals surface area contributed by atoms with E-state index in [2.05, 4.69) is 6.58 Å². The molecule has 0 atom stereocenters. The number of rotatable bonds is 15. The van der Waals surface area contributed by atoms with Crippen LogP contribution in [-0.4, -0.2) is 52.2 Å². The van der Waals surface area contributed by atoms with Gasteiger partial charge in [0.1, 0.15) is 0 Å². The fourth-order valence-electron chi connectivity index (χ4n) is 1.53. The number of ether oxygens (including phenoxy) is 4. The Kier molecular flexibility index (Phi) is 14.8. The molecule has 0 unspecified atom stereocenters. The molecule has 0 aliphatic heterocycles. The predicted octanol–water partition coefficient (Wildman–Crippen LogP) is 2.74. The van der Waals surface area contributed by atoms with Gasteiger partial charge in [0.25, 0.3) is 0 Å². The Morgan fingerprint density at radius 3 is 1.90 bits per heavy atom. The highest BCUT2D eigenvalue weighted by molar-refractivity contribution is 5.86. The molecule has 0 aromatic rings. The van der Waals surface area contributed by atoms with Crippen molar-refractivity contribution < 1.29 is 23.7 Å². The number of hydrogen-bond acceptors (Lipinski definition) is 5. The summed E-state index contributed by atoms with van der Waals surface area (Å²) in [7, 11) is 0. The minimum absolute atomic E-state index is 0.303. The van der Waals surface area contributed by atoms with E-state index in [1.807, 2.05) is 6.92 Å². The Morgan fingerprint density at radius 1 is 0.810 bits per heavy atom. The summed E-state index contributed by atoms with van der Waals surface area (Å²) in [4.78, 5) is 11.1. The van der Waals surface area contributed by atoms with Gasteiger partial charge in [0.15, 0.2) is 0 Å². The van der Waals surface area contributed by atoms with Gasteiger partial charge in [0.2, 0.25) is 0 Å². The van der Waals surface area contributed by atoms with Crippen LogP contribution in [0.25, 0.3) is 0 Å². The smallest absolute Gasteiger partial charge is 0.333 e. The number of unbranched alkanes of at least 4 members (excludes halogenated alkanes) is 3. The fourth-order valence-corrected chi connectivity index (χ4v) is 1.53. The molecular weight excluding hydrogens is 272 g/mol. The molecule has 0 amide bonds. The van der Waals surface area contributed by atoms with Crippen LogP contribution in [0.5, 0.6) is 0 Å². The van der Waals surface area contributed by atoms with E-state index >= 15 is 0 Å². The van der Waals surface area contributed by atoms with E-state index < -0.39 is 0 Å². The summed E-state index contributed by atoms with van der Waals surface area (Å²) in [6.07, 6.45) is 4.03. The average molecular weight is 302 g/mol. The largest absolute Gasteiger partial charge is 0.462 e. The van der Waals surface area contributed by atoms with Crippen LogP contribution in [0.2, 0.25) is 0 Å². The van der Waals surface area contributed by atoms with Crippen LogP contribution in [0.1, 0.15) is 39.5 Å². The predicted molar refractivity (Wildman–Crippen MR) is 82.4 cm³/mol. The van der Waals surface area contributed by atoms with Crippen molar-refractivity contribution >= 4 is 5.97 Å². The standard InChI is InChI=1S/C16H30O5/c1-4-18-11-12-20-14-13-19-9-7-5-6-8-10-21-16(17)15(2)3/h2,4-14H2,1,3H3. The molecule has 5 nitrogen and oxygen atoms in total. The first-order chi connectivity index (χ1) is 10.2. The van der Waals surface area contributed by atoms with Gasteiger partial charge in [0, 0.05) is 18.8 Å². The number of esters is 1. The molecule has 21 heavy (non-hydrogen) atoms. The third kappa shape index (κ3) is 15.3. The number of carbonyl (C=O) groups excluding carboxylic acids is 1. The van der Waals surface area contributed by atoms with Crippen LogP contribution in [0, 0.1) is 0 Å². The minimum Gasteiger partial charge on any atom is -0.462 e.